The van der Waals surface area contributed by atoms with Crippen molar-refractivity contribution >= 4 is 47.3 Å². The van der Waals surface area contributed by atoms with Crippen molar-refractivity contribution in [3.05, 3.63) is 70.8 Å². The molecule has 2 aromatic carbocycles. The second-order valence-corrected chi connectivity index (χ2v) is 22.6. The number of nitrogens with one attached hydrogen (secondary N) is 7. The van der Waals surface area contributed by atoms with Gasteiger partial charge in [-0.15, -0.1) is 0 Å². The Morgan fingerprint density at radius 1 is 0.712 bits per heavy atom. The Hall–Kier alpha value is -5.88. The number of nitrogens with zero attached hydrogens (tertiary/aromatic N) is 3. The number of carbonyl (C=O) groups excluding carboxylic acids is 8. The van der Waals surface area contributed by atoms with Crippen LogP contribution in [0, 0.1) is 10.8 Å². The molecule has 402 valence electrons. The highest BCUT2D eigenvalue weighted by Crippen LogP contribution is 2.32. The summed E-state index contributed by atoms with van der Waals surface area (Å²) in [6.07, 6.45) is 6.76. The van der Waals surface area contributed by atoms with Gasteiger partial charge >= 0.3 is 0 Å². The van der Waals surface area contributed by atoms with Crippen LogP contribution in [0.15, 0.2) is 48.5 Å². The highest BCUT2D eigenvalue weighted by molar-refractivity contribution is 6.00. The zero-order valence-electron chi connectivity index (χ0n) is 45.2. The number of carbonyl (C=O) groups is 8. The van der Waals surface area contributed by atoms with Gasteiger partial charge in [-0.2, -0.15) is 0 Å². The van der Waals surface area contributed by atoms with E-state index in [4.69, 9.17) is 0 Å². The van der Waals surface area contributed by atoms with Crippen molar-refractivity contribution in [3.63, 3.8) is 0 Å². The second kappa shape index (κ2) is 25.9. The highest BCUT2D eigenvalue weighted by atomic mass is 16.2. The van der Waals surface area contributed by atoms with Gasteiger partial charge < -0.3 is 47.0 Å². The molecule has 2 aromatic rings. The predicted molar refractivity (Wildman–Crippen MR) is 281 cm³/mol. The van der Waals surface area contributed by atoms with Crippen molar-refractivity contribution in [1.29, 1.82) is 0 Å². The lowest BCUT2D eigenvalue weighted by Crippen LogP contribution is -2.59. The molecule has 2 aliphatic heterocycles. The molecule has 0 saturated carbocycles. The summed E-state index contributed by atoms with van der Waals surface area (Å²) in [5.41, 5.74) is 1.37. The van der Waals surface area contributed by atoms with Crippen LogP contribution >= 0.6 is 0 Å². The van der Waals surface area contributed by atoms with E-state index in [9.17, 15) is 38.4 Å². The van der Waals surface area contributed by atoms with Gasteiger partial charge in [0.25, 0.3) is 11.8 Å². The third-order valence-electron chi connectivity index (χ3n) is 14.6. The molecule has 1 aliphatic carbocycles. The number of likely N-dealkylation sites (N-methyl/N-ethyl adjacent to an activating group) is 2. The Bertz CT molecular complexity index is 2280. The number of hydrogen-bond acceptors (Lipinski definition) is 10. The molecule has 2 heterocycles. The maximum absolute atomic E-state index is 14.7. The van der Waals surface area contributed by atoms with Crippen LogP contribution in [0.2, 0.25) is 0 Å². The van der Waals surface area contributed by atoms with Crippen molar-refractivity contribution in [3.8, 4) is 0 Å². The molecule has 2 fully saturated rings. The largest absolute Gasteiger partial charge is 0.352 e. The molecular formula is C55H84N10O8. The van der Waals surface area contributed by atoms with Gasteiger partial charge in [0, 0.05) is 43.3 Å². The van der Waals surface area contributed by atoms with Gasteiger partial charge in [0.2, 0.25) is 35.4 Å². The predicted octanol–water partition coefficient (Wildman–Crippen LogP) is 3.60. The number of unbranched alkanes of at least 4 members (excludes halogenated alkanes) is 1. The third-order valence-corrected chi connectivity index (χ3v) is 14.6. The fourth-order valence-electron chi connectivity index (χ4n) is 9.65. The molecule has 8 atom stereocenters. The summed E-state index contributed by atoms with van der Waals surface area (Å²) in [7, 11) is 5.21. The molecule has 2 unspecified atom stereocenters. The summed E-state index contributed by atoms with van der Waals surface area (Å²) in [6, 6.07) is 8.72. The van der Waals surface area contributed by atoms with Crippen LogP contribution in [0.25, 0.3) is 0 Å². The van der Waals surface area contributed by atoms with Crippen molar-refractivity contribution < 1.29 is 38.4 Å². The van der Waals surface area contributed by atoms with Gasteiger partial charge in [-0.1, -0.05) is 71.9 Å². The van der Waals surface area contributed by atoms with Gasteiger partial charge in [0.05, 0.1) is 18.1 Å². The molecule has 18 nitrogen and oxygen atoms in total. The number of hydrogen-bond donors (Lipinski definition) is 7. The Balaban J connectivity index is 1.23. The molecule has 73 heavy (non-hydrogen) atoms. The van der Waals surface area contributed by atoms with Gasteiger partial charge in [-0.3, -0.25) is 43.3 Å². The molecular weight excluding hydrogens is 929 g/mol. The Morgan fingerprint density at radius 2 is 1.34 bits per heavy atom. The Labute approximate surface area is 433 Å². The van der Waals surface area contributed by atoms with Gasteiger partial charge in [-0.25, -0.2) is 0 Å². The van der Waals surface area contributed by atoms with Crippen molar-refractivity contribution in [2.24, 2.45) is 10.8 Å². The summed E-state index contributed by atoms with van der Waals surface area (Å²) in [5.74, 6) is -2.93. The lowest BCUT2D eigenvalue weighted by molar-refractivity contribution is -0.144. The lowest BCUT2D eigenvalue weighted by Gasteiger charge is -2.37. The number of piperidine rings is 1. The maximum Gasteiger partial charge on any atom is 0.251 e. The van der Waals surface area contributed by atoms with Gasteiger partial charge in [-0.05, 0) is 139 Å². The van der Waals surface area contributed by atoms with Crippen molar-refractivity contribution in [2.75, 3.05) is 47.3 Å². The minimum atomic E-state index is -0.973. The first kappa shape index (κ1) is 58.0. The van der Waals surface area contributed by atoms with E-state index in [0.717, 1.165) is 44.1 Å². The Morgan fingerprint density at radius 3 is 1.99 bits per heavy atom. The van der Waals surface area contributed by atoms with E-state index in [-0.39, 0.29) is 66.7 Å². The number of benzene rings is 2. The van der Waals surface area contributed by atoms with E-state index in [1.807, 2.05) is 64.6 Å². The summed E-state index contributed by atoms with van der Waals surface area (Å²) in [6.45, 7) is 16.3. The topological polar surface area (TPSA) is 230 Å². The minimum Gasteiger partial charge on any atom is -0.352 e. The number of likely N-dealkylation sites (tertiary alicyclic amines) is 2. The van der Waals surface area contributed by atoms with E-state index in [2.05, 4.69) is 43.3 Å². The van der Waals surface area contributed by atoms with E-state index in [0.29, 0.717) is 25.9 Å². The van der Waals surface area contributed by atoms with Gasteiger partial charge in [0.15, 0.2) is 0 Å². The van der Waals surface area contributed by atoms with E-state index in [1.54, 1.807) is 58.1 Å². The molecule has 8 amide bonds. The van der Waals surface area contributed by atoms with Gasteiger partial charge in [0.1, 0.15) is 24.2 Å². The molecule has 0 spiro atoms. The second-order valence-electron chi connectivity index (χ2n) is 22.6. The SMILES string of the molecule is CN[C@@H](C)C(=O)N[C@@H](CCCCNC(=O)c1cccc(C(=O)N[C@H]2C[C@@H](C(=O)N[C@@H]3CCCc4ccccc43)N(C(=O)C(NC(=O)[C@H](C)N(C)C)C(C)(C)C)C2)c1)C(=O)NC(C(=O)N1CCCCC1)C(C)(C)C. The quantitative estimate of drug-likeness (QED) is 0.0954. The van der Waals surface area contributed by atoms with Crippen LogP contribution in [-0.4, -0.2) is 152 Å². The average Bonchev–Trinajstić information content (AvgIpc) is 3.79. The summed E-state index contributed by atoms with van der Waals surface area (Å²) in [5, 5.41) is 20.8. The van der Waals surface area contributed by atoms with Crippen LogP contribution in [0.3, 0.4) is 0 Å². The van der Waals surface area contributed by atoms with Crippen molar-refractivity contribution in [1.82, 2.24) is 51.9 Å². The zero-order chi connectivity index (χ0) is 53.8. The fraction of sp³-hybridized carbons (Fsp3) is 0.636. The standard InChI is InChI=1S/C55H84N10O8/c1-34(56-9)46(66)60-42(50(70)62-44(54(3,4)5)52(72)64-29-17-12-18-30-64)26-15-16-28-57-48(68)37-23-19-24-38(31-37)49(69)58-39-32-43(51(71)59-41-27-20-22-36-21-13-14-25-40(36)41)65(33-39)53(73)45(55(6,7)8)61-47(67)35(2)63(10)11/h13-14,19,21,23-25,31,34-35,39,41-45,56H,12,15-18,20,22,26-30,32-33H2,1-11H3,(H,57,68)(H,58,69)(H,59,71)(H,60,66)(H,61,67)(H,62,70)/t34-,35-,39-,41+,42-,43-,44?,45?/m0/s1. The average molecular weight is 1010 g/mol. The number of rotatable bonds is 20. The lowest BCUT2D eigenvalue weighted by atomic mass is 9.85. The molecule has 18 heteroatoms. The molecule has 0 aromatic heterocycles. The van der Waals surface area contributed by atoms with Crippen LogP contribution < -0.4 is 37.2 Å². The number of aryl methyl sites for hydroxylation is 1. The molecule has 0 radical (unpaired) electrons. The fourth-order valence-corrected chi connectivity index (χ4v) is 9.65. The van der Waals surface area contributed by atoms with E-state index < -0.39 is 76.8 Å². The minimum absolute atomic E-state index is 0.0182. The molecule has 0 bridgehead atoms. The Kier molecular flexibility index (Phi) is 20.6. The van der Waals surface area contributed by atoms with Crippen LogP contribution in [0.1, 0.15) is 151 Å². The molecule has 7 N–H and O–H groups in total. The summed E-state index contributed by atoms with van der Waals surface area (Å²) < 4.78 is 0. The highest BCUT2D eigenvalue weighted by Gasteiger charge is 2.46. The van der Waals surface area contributed by atoms with Crippen molar-refractivity contribution in [2.45, 2.75) is 168 Å². The molecule has 3 aliphatic rings. The number of amides is 8. The first-order valence-electron chi connectivity index (χ1n) is 26.3. The van der Waals surface area contributed by atoms with Crippen LogP contribution in [0.4, 0.5) is 0 Å². The van der Waals surface area contributed by atoms with E-state index in [1.165, 1.54) is 16.5 Å². The molecule has 2 saturated heterocycles. The molecule has 5 rings (SSSR count). The maximum atomic E-state index is 14.7. The smallest absolute Gasteiger partial charge is 0.251 e. The van der Waals surface area contributed by atoms with E-state index >= 15 is 0 Å². The zero-order valence-corrected chi connectivity index (χ0v) is 45.2. The first-order valence-corrected chi connectivity index (χ1v) is 26.3. The first-order chi connectivity index (χ1) is 34.4. The third kappa shape index (κ3) is 15.8. The summed E-state index contributed by atoms with van der Waals surface area (Å²) in [4.78, 5) is 115. The van der Waals surface area contributed by atoms with Crippen LogP contribution in [0.5, 0.6) is 0 Å². The summed E-state index contributed by atoms with van der Waals surface area (Å²) >= 11 is 0. The van der Waals surface area contributed by atoms with Crippen LogP contribution in [-0.2, 0) is 35.2 Å². The number of fused-ring (bicyclic) bond motifs is 1. The monoisotopic (exact) mass is 1010 g/mol. The normalized spacial score (nSPS) is 20.1.